The van der Waals surface area contributed by atoms with Gasteiger partial charge in [-0.1, -0.05) is 0 Å². The van der Waals surface area contributed by atoms with Crippen LogP contribution in [0.5, 0.6) is 0 Å². The number of likely N-dealkylation sites (N-methyl/N-ethyl adjacent to an activating group) is 1. The summed E-state index contributed by atoms with van der Waals surface area (Å²) in [6.07, 6.45) is 5.89. The number of pyridine rings is 1. The van der Waals surface area contributed by atoms with Gasteiger partial charge in [-0.3, -0.25) is 4.98 Å². The molecule has 0 spiro atoms. The quantitative estimate of drug-likeness (QED) is 0.860. The zero-order valence-corrected chi connectivity index (χ0v) is 10.4. The summed E-state index contributed by atoms with van der Waals surface area (Å²) in [6.45, 7) is 2.34. The molecule has 1 aliphatic rings. The van der Waals surface area contributed by atoms with E-state index in [1.54, 1.807) is 0 Å². The van der Waals surface area contributed by atoms with Gasteiger partial charge in [-0.15, -0.1) is 0 Å². The smallest absolute Gasteiger partial charge is 0.0749 e. The molecule has 1 aliphatic heterocycles. The van der Waals surface area contributed by atoms with E-state index in [0.29, 0.717) is 12.6 Å². The number of anilines is 1. The van der Waals surface area contributed by atoms with Gasteiger partial charge in [-0.25, -0.2) is 0 Å². The molecule has 17 heavy (non-hydrogen) atoms. The summed E-state index contributed by atoms with van der Waals surface area (Å²) >= 11 is 0. The summed E-state index contributed by atoms with van der Waals surface area (Å²) in [5, 5.41) is 0. The molecule has 1 atom stereocenters. The normalized spacial score (nSPS) is 20.2. The van der Waals surface area contributed by atoms with Crippen LogP contribution < -0.4 is 10.6 Å². The molecule has 2 heterocycles. The first kappa shape index (κ1) is 12.3. The Labute approximate surface area is 103 Å². The van der Waals surface area contributed by atoms with Gasteiger partial charge >= 0.3 is 0 Å². The number of nitrogens with zero attached hydrogens (tertiary/aromatic N) is 2. The molecule has 0 aromatic carbocycles. The molecule has 94 valence electrons. The second-order valence-electron chi connectivity index (χ2n) is 4.58. The van der Waals surface area contributed by atoms with Crippen LogP contribution in [-0.4, -0.2) is 31.3 Å². The highest BCUT2D eigenvalue weighted by Crippen LogP contribution is 2.17. The molecule has 0 amide bonds. The van der Waals surface area contributed by atoms with Crippen molar-refractivity contribution >= 4 is 5.69 Å². The predicted octanol–water partition coefficient (Wildman–Crippen LogP) is 1.55. The molecule has 0 radical (unpaired) electrons. The van der Waals surface area contributed by atoms with E-state index < -0.39 is 0 Å². The lowest BCUT2D eigenvalue weighted by molar-refractivity contribution is 0.0216. The average Bonchev–Trinajstić information content (AvgIpc) is 2.40. The van der Waals surface area contributed by atoms with E-state index in [-0.39, 0.29) is 0 Å². The highest BCUT2D eigenvalue weighted by molar-refractivity contribution is 5.43. The summed E-state index contributed by atoms with van der Waals surface area (Å²) < 4.78 is 5.73. The topological polar surface area (TPSA) is 51.4 Å². The largest absolute Gasteiger partial charge is 0.376 e. The second kappa shape index (κ2) is 5.98. The van der Waals surface area contributed by atoms with E-state index in [4.69, 9.17) is 10.5 Å². The van der Waals surface area contributed by atoms with Gasteiger partial charge < -0.3 is 15.4 Å². The van der Waals surface area contributed by atoms with Gasteiger partial charge in [0, 0.05) is 26.7 Å². The molecule has 2 rings (SSSR count). The highest BCUT2D eigenvalue weighted by Gasteiger charge is 2.16. The van der Waals surface area contributed by atoms with E-state index in [9.17, 15) is 0 Å². The van der Waals surface area contributed by atoms with Gasteiger partial charge in [0.15, 0.2) is 0 Å². The number of hydrogen-bond donors (Lipinski definition) is 1. The Hall–Kier alpha value is -1.13. The molecule has 0 saturated carbocycles. The predicted molar refractivity (Wildman–Crippen MR) is 69.0 cm³/mol. The van der Waals surface area contributed by atoms with Gasteiger partial charge in [0.05, 0.1) is 23.7 Å². The van der Waals surface area contributed by atoms with Crippen molar-refractivity contribution in [3.05, 3.63) is 24.0 Å². The Bertz CT molecular complexity index is 333. The van der Waals surface area contributed by atoms with E-state index in [1.807, 2.05) is 12.3 Å². The lowest BCUT2D eigenvalue weighted by atomic mass is 10.1. The van der Waals surface area contributed by atoms with Crippen LogP contribution in [0.1, 0.15) is 25.0 Å². The van der Waals surface area contributed by atoms with Crippen LogP contribution >= 0.6 is 0 Å². The van der Waals surface area contributed by atoms with Crippen molar-refractivity contribution < 1.29 is 4.74 Å². The Morgan fingerprint density at radius 1 is 1.47 bits per heavy atom. The van der Waals surface area contributed by atoms with Crippen LogP contribution in [0.2, 0.25) is 0 Å². The maximum absolute atomic E-state index is 5.73. The summed E-state index contributed by atoms with van der Waals surface area (Å²) in [4.78, 5) is 6.50. The second-order valence-corrected chi connectivity index (χ2v) is 4.58. The maximum Gasteiger partial charge on any atom is 0.0749 e. The van der Waals surface area contributed by atoms with Gasteiger partial charge in [0.2, 0.25) is 0 Å². The van der Waals surface area contributed by atoms with Crippen molar-refractivity contribution in [3.63, 3.8) is 0 Å². The molecule has 1 saturated heterocycles. The van der Waals surface area contributed by atoms with Gasteiger partial charge in [0.25, 0.3) is 0 Å². The van der Waals surface area contributed by atoms with Crippen molar-refractivity contribution in [2.45, 2.75) is 31.9 Å². The Balaban J connectivity index is 1.91. The minimum absolute atomic E-state index is 0.364. The molecule has 0 aliphatic carbocycles. The molecule has 2 N–H and O–H groups in total. The number of ether oxygens (including phenoxy) is 1. The number of nitrogens with two attached hydrogens (primary N) is 1. The van der Waals surface area contributed by atoms with Crippen LogP contribution in [0.4, 0.5) is 5.69 Å². The first-order chi connectivity index (χ1) is 8.29. The number of rotatable bonds is 4. The lowest BCUT2D eigenvalue weighted by Gasteiger charge is -2.28. The van der Waals surface area contributed by atoms with E-state index in [2.05, 4.69) is 23.0 Å². The molecule has 4 nitrogen and oxygen atoms in total. The van der Waals surface area contributed by atoms with Crippen molar-refractivity contribution in [3.8, 4) is 0 Å². The third kappa shape index (κ3) is 3.41. The van der Waals surface area contributed by atoms with Crippen molar-refractivity contribution in [2.24, 2.45) is 5.73 Å². The summed E-state index contributed by atoms with van der Waals surface area (Å²) in [5.41, 5.74) is 7.58. The van der Waals surface area contributed by atoms with Crippen molar-refractivity contribution in [2.75, 3.05) is 25.1 Å². The third-order valence-electron chi connectivity index (χ3n) is 3.21. The van der Waals surface area contributed by atoms with E-state index in [1.165, 1.54) is 19.3 Å². The zero-order valence-electron chi connectivity index (χ0n) is 10.4. The van der Waals surface area contributed by atoms with Gasteiger partial charge in [-0.2, -0.15) is 0 Å². The summed E-state index contributed by atoms with van der Waals surface area (Å²) in [5.74, 6) is 0. The number of aromatic nitrogens is 1. The van der Waals surface area contributed by atoms with Crippen molar-refractivity contribution in [1.29, 1.82) is 0 Å². The monoisotopic (exact) mass is 235 g/mol. The molecule has 1 fully saturated rings. The SMILES string of the molecule is CN(CC1CCCCO1)c1ccc(CN)nc1. The molecule has 4 heteroatoms. The third-order valence-corrected chi connectivity index (χ3v) is 3.21. The van der Waals surface area contributed by atoms with E-state index >= 15 is 0 Å². The molecule has 1 unspecified atom stereocenters. The maximum atomic E-state index is 5.73. The first-order valence-electron chi connectivity index (χ1n) is 6.27. The minimum atomic E-state index is 0.364. The highest BCUT2D eigenvalue weighted by atomic mass is 16.5. The Morgan fingerprint density at radius 3 is 2.94 bits per heavy atom. The molecule has 1 aromatic rings. The Morgan fingerprint density at radius 2 is 2.35 bits per heavy atom. The van der Waals surface area contributed by atoms with Gasteiger partial charge in [0.1, 0.15) is 0 Å². The number of hydrogen-bond acceptors (Lipinski definition) is 4. The standard InChI is InChI=1S/C13H21N3O/c1-16(10-13-4-2-3-7-17-13)12-6-5-11(8-14)15-9-12/h5-6,9,13H,2-4,7-8,10,14H2,1H3. The minimum Gasteiger partial charge on any atom is -0.376 e. The average molecular weight is 235 g/mol. The van der Waals surface area contributed by atoms with E-state index in [0.717, 1.165) is 24.5 Å². The lowest BCUT2D eigenvalue weighted by Crippen LogP contribution is -2.33. The van der Waals surface area contributed by atoms with Crippen LogP contribution in [0, 0.1) is 0 Å². The molecule has 0 bridgehead atoms. The molecular weight excluding hydrogens is 214 g/mol. The fraction of sp³-hybridized carbons (Fsp3) is 0.615. The molecular formula is C13H21N3O. The summed E-state index contributed by atoms with van der Waals surface area (Å²) in [6, 6.07) is 4.05. The molecule has 1 aromatic heterocycles. The van der Waals surface area contributed by atoms with Crippen LogP contribution in [0.25, 0.3) is 0 Å². The Kier molecular flexibility index (Phi) is 4.34. The van der Waals surface area contributed by atoms with Crippen molar-refractivity contribution in [1.82, 2.24) is 4.98 Å². The zero-order chi connectivity index (χ0) is 12.1. The van der Waals surface area contributed by atoms with Crippen LogP contribution in [-0.2, 0) is 11.3 Å². The fourth-order valence-corrected chi connectivity index (χ4v) is 2.13. The van der Waals surface area contributed by atoms with Gasteiger partial charge in [-0.05, 0) is 31.4 Å². The first-order valence-corrected chi connectivity index (χ1v) is 6.27. The van der Waals surface area contributed by atoms with Crippen LogP contribution in [0.15, 0.2) is 18.3 Å². The van der Waals surface area contributed by atoms with Crippen LogP contribution in [0.3, 0.4) is 0 Å². The summed E-state index contributed by atoms with van der Waals surface area (Å²) in [7, 11) is 2.08. The fourth-order valence-electron chi connectivity index (χ4n) is 2.13.